The summed E-state index contributed by atoms with van der Waals surface area (Å²) >= 11 is 0. The molecule has 18 heavy (non-hydrogen) atoms. The Morgan fingerprint density at radius 3 is 2.61 bits per heavy atom. The van der Waals surface area contributed by atoms with Gasteiger partial charge >= 0.3 is 0 Å². The fourth-order valence-electron chi connectivity index (χ4n) is 3.51. The highest BCUT2D eigenvalue weighted by molar-refractivity contribution is 5.87. The van der Waals surface area contributed by atoms with Gasteiger partial charge in [0.25, 0.3) is 0 Å². The van der Waals surface area contributed by atoms with Gasteiger partial charge in [-0.05, 0) is 38.6 Å². The molecule has 0 aromatic heterocycles. The first-order valence-corrected chi connectivity index (χ1v) is 7.29. The molecule has 2 rings (SSSR count). The molecule has 3 nitrogen and oxygen atoms in total. The molecule has 0 amide bonds. The second-order valence-electron chi connectivity index (χ2n) is 7.05. The van der Waals surface area contributed by atoms with Crippen molar-refractivity contribution in [2.24, 2.45) is 17.3 Å². The van der Waals surface area contributed by atoms with Gasteiger partial charge in [-0.2, -0.15) is 0 Å². The Kier molecular flexibility index (Phi) is 4.12. The summed E-state index contributed by atoms with van der Waals surface area (Å²) in [6, 6.07) is 0. The van der Waals surface area contributed by atoms with Crippen LogP contribution in [-0.4, -0.2) is 42.0 Å². The molecule has 3 heteroatoms. The second kappa shape index (κ2) is 5.30. The highest BCUT2D eigenvalue weighted by atomic mass is 16.3. The standard InChI is InChI=1S/C15H27NO2/c1-15(2)6-4-5-12(14(15)18)10-16(3)9-11-7-13(17)8-11/h11-13,17H,4-10H2,1-3H3. The normalized spacial score (nSPS) is 35.6. The average Bonchev–Trinajstić information content (AvgIpc) is 2.22. The molecule has 2 saturated carbocycles. The van der Waals surface area contributed by atoms with Crippen LogP contribution in [0, 0.1) is 17.3 Å². The lowest BCUT2D eigenvalue weighted by Gasteiger charge is -2.38. The predicted octanol–water partition coefficient (Wildman–Crippen LogP) is 2.08. The molecule has 1 N–H and O–H groups in total. The van der Waals surface area contributed by atoms with Crippen LogP contribution in [0.5, 0.6) is 0 Å². The molecule has 0 aromatic carbocycles. The minimum atomic E-state index is -0.115. The maximum Gasteiger partial charge on any atom is 0.142 e. The molecule has 0 heterocycles. The van der Waals surface area contributed by atoms with Crippen molar-refractivity contribution in [1.29, 1.82) is 0 Å². The minimum absolute atomic E-state index is 0.0707. The Balaban J connectivity index is 1.79. The molecule has 2 fully saturated rings. The molecular weight excluding hydrogens is 226 g/mol. The van der Waals surface area contributed by atoms with Gasteiger partial charge in [0, 0.05) is 24.4 Å². The van der Waals surface area contributed by atoms with Crippen molar-refractivity contribution in [1.82, 2.24) is 4.90 Å². The van der Waals surface area contributed by atoms with E-state index in [4.69, 9.17) is 0 Å². The van der Waals surface area contributed by atoms with E-state index in [1.165, 1.54) is 6.42 Å². The highest BCUT2D eigenvalue weighted by Gasteiger charge is 2.38. The number of carbonyl (C=O) groups excluding carboxylic acids is 1. The lowest BCUT2D eigenvalue weighted by Crippen LogP contribution is -2.43. The van der Waals surface area contributed by atoms with E-state index in [-0.39, 0.29) is 17.4 Å². The topological polar surface area (TPSA) is 40.5 Å². The van der Waals surface area contributed by atoms with Gasteiger partial charge in [0.1, 0.15) is 5.78 Å². The molecule has 0 radical (unpaired) electrons. The Labute approximate surface area is 111 Å². The van der Waals surface area contributed by atoms with E-state index in [1.807, 2.05) is 0 Å². The monoisotopic (exact) mass is 253 g/mol. The molecular formula is C15H27NO2. The number of rotatable bonds is 4. The quantitative estimate of drug-likeness (QED) is 0.834. The van der Waals surface area contributed by atoms with Crippen molar-refractivity contribution < 1.29 is 9.90 Å². The van der Waals surface area contributed by atoms with E-state index < -0.39 is 0 Å². The predicted molar refractivity (Wildman–Crippen MR) is 72.4 cm³/mol. The molecule has 1 atom stereocenters. The fourth-order valence-corrected chi connectivity index (χ4v) is 3.51. The van der Waals surface area contributed by atoms with Gasteiger partial charge < -0.3 is 10.0 Å². The first-order valence-electron chi connectivity index (χ1n) is 7.29. The number of ketones is 1. The number of aliphatic hydroxyl groups is 1. The lowest BCUT2D eigenvalue weighted by atomic mass is 9.71. The number of Topliss-reactive ketones (excluding diaryl/α,β-unsaturated/α-hetero) is 1. The first-order chi connectivity index (χ1) is 8.38. The first kappa shape index (κ1) is 14.0. The molecule has 0 bridgehead atoms. The largest absolute Gasteiger partial charge is 0.393 e. The van der Waals surface area contributed by atoms with Crippen molar-refractivity contribution in [3.05, 3.63) is 0 Å². The van der Waals surface area contributed by atoms with Gasteiger partial charge in [-0.1, -0.05) is 20.3 Å². The fraction of sp³-hybridized carbons (Fsp3) is 0.933. The zero-order chi connectivity index (χ0) is 13.3. The zero-order valence-corrected chi connectivity index (χ0v) is 12.0. The maximum absolute atomic E-state index is 12.3. The average molecular weight is 253 g/mol. The summed E-state index contributed by atoms with van der Waals surface area (Å²) in [6.45, 7) is 6.10. The van der Waals surface area contributed by atoms with E-state index >= 15 is 0 Å². The number of nitrogens with zero attached hydrogens (tertiary/aromatic N) is 1. The van der Waals surface area contributed by atoms with Crippen molar-refractivity contribution in [2.45, 2.75) is 52.1 Å². The third kappa shape index (κ3) is 3.12. The summed E-state index contributed by atoms with van der Waals surface area (Å²) in [4.78, 5) is 14.6. The number of hydrogen-bond acceptors (Lipinski definition) is 3. The molecule has 0 saturated heterocycles. The SMILES string of the molecule is CN(CC1CC(O)C1)CC1CCCC(C)(C)C1=O. The molecule has 0 aliphatic heterocycles. The summed E-state index contributed by atoms with van der Waals surface area (Å²) < 4.78 is 0. The highest BCUT2D eigenvalue weighted by Crippen LogP contribution is 2.36. The van der Waals surface area contributed by atoms with E-state index in [0.29, 0.717) is 11.7 Å². The van der Waals surface area contributed by atoms with Crippen LogP contribution < -0.4 is 0 Å². The van der Waals surface area contributed by atoms with Gasteiger partial charge in [0.15, 0.2) is 0 Å². The summed E-state index contributed by atoms with van der Waals surface area (Å²) in [5.41, 5.74) is -0.115. The number of hydrogen-bond donors (Lipinski definition) is 1. The number of carbonyl (C=O) groups is 1. The Morgan fingerprint density at radius 1 is 1.33 bits per heavy atom. The second-order valence-corrected chi connectivity index (χ2v) is 7.05. The van der Waals surface area contributed by atoms with Crippen molar-refractivity contribution in [3.63, 3.8) is 0 Å². The van der Waals surface area contributed by atoms with E-state index in [9.17, 15) is 9.90 Å². The van der Waals surface area contributed by atoms with Crippen molar-refractivity contribution >= 4 is 5.78 Å². The van der Waals surface area contributed by atoms with Crippen LogP contribution in [-0.2, 0) is 4.79 Å². The number of aliphatic hydroxyl groups excluding tert-OH is 1. The van der Waals surface area contributed by atoms with Crippen molar-refractivity contribution in [2.75, 3.05) is 20.1 Å². The Morgan fingerprint density at radius 2 is 2.00 bits per heavy atom. The van der Waals surface area contributed by atoms with Crippen LogP contribution in [0.15, 0.2) is 0 Å². The van der Waals surface area contributed by atoms with Crippen LogP contribution >= 0.6 is 0 Å². The van der Waals surface area contributed by atoms with E-state index in [2.05, 4.69) is 25.8 Å². The maximum atomic E-state index is 12.3. The van der Waals surface area contributed by atoms with E-state index in [0.717, 1.165) is 38.8 Å². The smallest absolute Gasteiger partial charge is 0.142 e. The Hall–Kier alpha value is -0.410. The lowest BCUT2D eigenvalue weighted by molar-refractivity contribution is -0.135. The third-order valence-corrected chi connectivity index (χ3v) is 4.70. The van der Waals surface area contributed by atoms with Gasteiger partial charge in [-0.15, -0.1) is 0 Å². The summed E-state index contributed by atoms with van der Waals surface area (Å²) in [6.07, 6.45) is 5.09. The van der Waals surface area contributed by atoms with Crippen LogP contribution in [0.25, 0.3) is 0 Å². The molecule has 0 spiro atoms. The molecule has 2 aliphatic carbocycles. The van der Waals surface area contributed by atoms with Crippen LogP contribution in [0.1, 0.15) is 46.0 Å². The summed E-state index contributed by atoms with van der Waals surface area (Å²) in [5, 5.41) is 9.29. The Bertz CT molecular complexity index is 308. The van der Waals surface area contributed by atoms with E-state index in [1.54, 1.807) is 0 Å². The summed E-state index contributed by atoms with van der Waals surface area (Å²) in [7, 11) is 2.11. The van der Waals surface area contributed by atoms with Crippen molar-refractivity contribution in [3.8, 4) is 0 Å². The van der Waals surface area contributed by atoms with Crippen LogP contribution in [0.3, 0.4) is 0 Å². The molecule has 2 aliphatic rings. The molecule has 1 unspecified atom stereocenters. The van der Waals surface area contributed by atoms with Gasteiger partial charge in [0.2, 0.25) is 0 Å². The van der Waals surface area contributed by atoms with Crippen LogP contribution in [0.2, 0.25) is 0 Å². The van der Waals surface area contributed by atoms with Gasteiger partial charge in [-0.25, -0.2) is 0 Å². The molecule has 0 aromatic rings. The summed E-state index contributed by atoms with van der Waals surface area (Å²) in [5.74, 6) is 1.31. The molecule has 104 valence electrons. The van der Waals surface area contributed by atoms with Gasteiger partial charge in [0.05, 0.1) is 6.10 Å². The minimum Gasteiger partial charge on any atom is -0.393 e. The zero-order valence-electron chi connectivity index (χ0n) is 12.0. The third-order valence-electron chi connectivity index (χ3n) is 4.70. The van der Waals surface area contributed by atoms with Gasteiger partial charge in [-0.3, -0.25) is 4.79 Å². The van der Waals surface area contributed by atoms with Crippen LogP contribution in [0.4, 0.5) is 0 Å².